The highest BCUT2D eigenvalue weighted by Gasteiger charge is 2.07. The summed E-state index contributed by atoms with van der Waals surface area (Å²) in [7, 11) is 0. The lowest BCUT2D eigenvalue weighted by molar-refractivity contribution is 0.295. The number of rotatable bonds is 8. The average Bonchev–Trinajstić information content (AvgIpc) is 2.51. The minimum absolute atomic E-state index is 0. The summed E-state index contributed by atoms with van der Waals surface area (Å²) in [6.45, 7) is 10.1. The van der Waals surface area contributed by atoms with Crippen LogP contribution >= 0.6 is 24.0 Å². The summed E-state index contributed by atoms with van der Waals surface area (Å²) in [4.78, 5) is 6.86. The summed E-state index contributed by atoms with van der Waals surface area (Å²) < 4.78 is 0. The quantitative estimate of drug-likeness (QED) is 0.702. The molecule has 1 N–H and O–H groups in total. The minimum atomic E-state index is 0. The number of aromatic nitrogens is 1. The summed E-state index contributed by atoms with van der Waals surface area (Å²) in [5.74, 6) is 0. The van der Waals surface area contributed by atoms with Crippen LogP contribution < -0.4 is 5.32 Å². The van der Waals surface area contributed by atoms with Crippen LogP contribution in [0, 0.1) is 0 Å². The van der Waals surface area contributed by atoms with Crippen molar-refractivity contribution in [2.24, 2.45) is 0 Å². The van der Waals surface area contributed by atoms with Gasteiger partial charge in [-0.3, -0.25) is 4.98 Å². The first kappa shape index (κ1) is 20.0. The Balaban J connectivity index is 0.00000264. The predicted octanol–water partition coefficient (Wildman–Crippen LogP) is 5.23. The highest BCUT2D eigenvalue weighted by molar-refractivity contribution is 6.31. The summed E-state index contributed by atoms with van der Waals surface area (Å²) >= 11 is 6.04. The zero-order valence-corrected chi connectivity index (χ0v) is 15.8. The molecule has 0 amide bonds. The second-order valence-corrected chi connectivity index (χ2v) is 6.17. The van der Waals surface area contributed by atoms with Crippen LogP contribution in [0.15, 0.2) is 30.5 Å². The zero-order chi connectivity index (χ0) is 15.9. The average molecular weight is 356 g/mol. The van der Waals surface area contributed by atoms with E-state index >= 15 is 0 Å². The molecule has 2 aromatic rings. The van der Waals surface area contributed by atoms with Crippen molar-refractivity contribution in [3.63, 3.8) is 0 Å². The number of hydrogen-bond donors (Lipinski definition) is 1. The number of pyridine rings is 1. The van der Waals surface area contributed by atoms with Crippen molar-refractivity contribution in [2.75, 3.05) is 25.0 Å². The van der Waals surface area contributed by atoms with Crippen molar-refractivity contribution in [3.8, 4) is 0 Å². The van der Waals surface area contributed by atoms with Gasteiger partial charge in [-0.1, -0.05) is 25.4 Å². The van der Waals surface area contributed by atoms with Crippen LogP contribution in [0.5, 0.6) is 0 Å². The van der Waals surface area contributed by atoms with Crippen LogP contribution in [0.25, 0.3) is 10.9 Å². The SMILES string of the molecule is CCN(CC)CCC[C@@H](C)Nc1ccnc2cc(Cl)ccc12.Cl. The molecule has 3 nitrogen and oxygen atoms in total. The Labute approximate surface area is 150 Å². The summed E-state index contributed by atoms with van der Waals surface area (Å²) in [6, 6.07) is 8.35. The van der Waals surface area contributed by atoms with Crippen LogP contribution in [0.4, 0.5) is 5.69 Å². The molecule has 0 aliphatic carbocycles. The number of fused-ring (bicyclic) bond motifs is 1. The van der Waals surface area contributed by atoms with E-state index in [1.54, 1.807) is 0 Å². The first-order valence-corrected chi connectivity index (χ1v) is 8.55. The molecule has 0 unspecified atom stereocenters. The van der Waals surface area contributed by atoms with Crippen molar-refractivity contribution >= 4 is 40.6 Å². The maximum atomic E-state index is 6.04. The standard InChI is InChI=1S/C18H26ClN3.ClH/c1-4-22(5-2)12-6-7-14(3)21-17-10-11-20-18-13-15(19)8-9-16(17)18;/h8-11,13-14H,4-7,12H2,1-3H3,(H,20,21);1H/t14-;/m1./s1. The van der Waals surface area contributed by atoms with Crippen molar-refractivity contribution in [1.29, 1.82) is 0 Å². The largest absolute Gasteiger partial charge is 0.382 e. The molecule has 0 radical (unpaired) electrons. The van der Waals surface area contributed by atoms with E-state index in [1.807, 2.05) is 30.5 Å². The molecule has 0 aliphatic heterocycles. The first-order chi connectivity index (χ1) is 10.6. The van der Waals surface area contributed by atoms with Crippen LogP contribution in [-0.2, 0) is 0 Å². The van der Waals surface area contributed by atoms with Gasteiger partial charge in [-0.15, -0.1) is 12.4 Å². The van der Waals surface area contributed by atoms with Gasteiger partial charge in [-0.05, 0) is 63.7 Å². The third-order valence-electron chi connectivity index (χ3n) is 4.11. The second kappa shape index (κ2) is 9.96. The third kappa shape index (κ3) is 5.83. The molecule has 0 fully saturated rings. The minimum Gasteiger partial charge on any atom is -0.382 e. The number of benzene rings is 1. The predicted molar refractivity (Wildman–Crippen MR) is 104 cm³/mol. The molecular formula is C18H27Cl2N3. The number of halogens is 2. The summed E-state index contributed by atoms with van der Waals surface area (Å²) in [6.07, 6.45) is 4.21. The van der Waals surface area contributed by atoms with Gasteiger partial charge in [0.15, 0.2) is 0 Å². The lowest BCUT2D eigenvalue weighted by atomic mass is 10.1. The Hall–Kier alpha value is -1.03. The molecule has 1 atom stereocenters. The fourth-order valence-electron chi connectivity index (χ4n) is 2.75. The van der Waals surface area contributed by atoms with Crippen LogP contribution in [0.1, 0.15) is 33.6 Å². The van der Waals surface area contributed by atoms with Gasteiger partial charge in [0.2, 0.25) is 0 Å². The molecule has 1 aromatic heterocycles. The molecule has 2 rings (SSSR count). The van der Waals surface area contributed by atoms with Crippen molar-refractivity contribution < 1.29 is 0 Å². The molecular weight excluding hydrogens is 329 g/mol. The van der Waals surface area contributed by atoms with E-state index in [0.717, 1.165) is 41.1 Å². The van der Waals surface area contributed by atoms with E-state index in [4.69, 9.17) is 11.6 Å². The van der Waals surface area contributed by atoms with E-state index in [-0.39, 0.29) is 12.4 Å². The molecule has 0 aliphatic rings. The highest BCUT2D eigenvalue weighted by atomic mass is 35.5. The molecule has 0 bridgehead atoms. The summed E-state index contributed by atoms with van der Waals surface area (Å²) in [5.41, 5.74) is 2.07. The van der Waals surface area contributed by atoms with E-state index in [1.165, 1.54) is 13.0 Å². The Morgan fingerprint density at radius 3 is 2.65 bits per heavy atom. The van der Waals surface area contributed by atoms with Crippen LogP contribution in [0.2, 0.25) is 5.02 Å². The van der Waals surface area contributed by atoms with Gasteiger partial charge >= 0.3 is 0 Å². The molecule has 128 valence electrons. The van der Waals surface area contributed by atoms with Crippen molar-refractivity contribution in [2.45, 2.75) is 39.7 Å². The Kier molecular flexibility index (Phi) is 8.67. The van der Waals surface area contributed by atoms with E-state index in [9.17, 15) is 0 Å². The third-order valence-corrected chi connectivity index (χ3v) is 4.35. The summed E-state index contributed by atoms with van der Waals surface area (Å²) in [5, 5.41) is 5.47. The van der Waals surface area contributed by atoms with Gasteiger partial charge in [0.05, 0.1) is 5.52 Å². The Bertz CT molecular complexity index is 600. The van der Waals surface area contributed by atoms with Gasteiger partial charge < -0.3 is 10.2 Å². The number of nitrogens with zero attached hydrogens (tertiary/aromatic N) is 2. The van der Waals surface area contributed by atoms with Crippen LogP contribution in [-0.4, -0.2) is 35.6 Å². The lowest BCUT2D eigenvalue weighted by Gasteiger charge is -2.20. The van der Waals surface area contributed by atoms with Gasteiger partial charge in [0.1, 0.15) is 0 Å². The fraction of sp³-hybridized carbons (Fsp3) is 0.500. The molecule has 0 saturated carbocycles. The first-order valence-electron chi connectivity index (χ1n) is 8.17. The number of nitrogens with one attached hydrogen (secondary N) is 1. The van der Waals surface area contributed by atoms with Gasteiger partial charge in [0.25, 0.3) is 0 Å². The van der Waals surface area contributed by atoms with Gasteiger partial charge in [-0.25, -0.2) is 0 Å². The van der Waals surface area contributed by atoms with Crippen LogP contribution in [0.3, 0.4) is 0 Å². The van der Waals surface area contributed by atoms with Gasteiger partial charge in [-0.2, -0.15) is 0 Å². The monoisotopic (exact) mass is 355 g/mol. The molecule has 5 heteroatoms. The second-order valence-electron chi connectivity index (χ2n) is 5.73. The number of hydrogen-bond acceptors (Lipinski definition) is 3. The van der Waals surface area contributed by atoms with Crippen molar-refractivity contribution in [1.82, 2.24) is 9.88 Å². The van der Waals surface area contributed by atoms with E-state index < -0.39 is 0 Å². The molecule has 23 heavy (non-hydrogen) atoms. The molecule has 0 spiro atoms. The Morgan fingerprint density at radius 2 is 1.96 bits per heavy atom. The molecule has 1 heterocycles. The zero-order valence-electron chi connectivity index (χ0n) is 14.2. The normalized spacial score (nSPS) is 12.2. The highest BCUT2D eigenvalue weighted by Crippen LogP contribution is 2.25. The smallest absolute Gasteiger partial charge is 0.0737 e. The fourth-order valence-corrected chi connectivity index (χ4v) is 2.91. The van der Waals surface area contributed by atoms with Crippen molar-refractivity contribution in [3.05, 3.63) is 35.5 Å². The maximum Gasteiger partial charge on any atom is 0.0737 e. The lowest BCUT2D eigenvalue weighted by Crippen LogP contribution is -2.25. The maximum absolute atomic E-state index is 6.04. The number of anilines is 1. The van der Waals surface area contributed by atoms with Gasteiger partial charge in [0, 0.05) is 28.3 Å². The topological polar surface area (TPSA) is 28.2 Å². The van der Waals surface area contributed by atoms with E-state index in [2.05, 4.69) is 36.0 Å². The molecule has 0 saturated heterocycles. The Morgan fingerprint density at radius 1 is 1.22 bits per heavy atom. The van der Waals surface area contributed by atoms with E-state index in [0.29, 0.717) is 6.04 Å². The molecule has 1 aromatic carbocycles.